The van der Waals surface area contributed by atoms with Gasteiger partial charge in [0.15, 0.2) is 0 Å². The van der Waals surface area contributed by atoms with Crippen LogP contribution >= 0.6 is 0 Å². The highest BCUT2D eigenvalue weighted by Gasteiger charge is 2.30. The Morgan fingerprint density at radius 2 is 1.42 bits per heavy atom. The molecule has 0 aromatic heterocycles. The summed E-state index contributed by atoms with van der Waals surface area (Å²) < 4.78 is 43.5. The normalized spacial score (nSPS) is 11.2. The van der Waals surface area contributed by atoms with Crippen molar-refractivity contribution in [3.05, 3.63) is 78.4 Å². The minimum absolute atomic E-state index is 0.381. The predicted molar refractivity (Wildman–Crippen MR) is 93.6 cm³/mol. The van der Waals surface area contributed by atoms with Crippen LogP contribution in [0.5, 0.6) is 5.75 Å². The maximum atomic E-state index is 12.8. The van der Waals surface area contributed by atoms with Crippen LogP contribution in [0.2, 0.25) is 0 Å². The van der Waals surface area contributed by atoms with E-state index in [1.54, 1.807) is 18.2 Å². The van der Waals surface area contributed by atoms with Gasteiger partial charge in [0.05, 0.1) is 5.56 Å². The minimum Gasteiger partial charge on any atom is -0.427 e. The third-order valence-electron chi connectivity index (χ3n) is 3.86. The van der Waals surface area contributed by atoms with Gasteiger partial charge < -0.3 is 4.74 Å². The molecule has 132 valence electrons. The van der Waals surface area contributed by atoms with Crippen LogP contribution in [0.25, 0.3) is 22.3 Å². The molecule has 3 aromatic rings. The van der Waals surface area contributed by atoms with Crippen LogP contribution in [-0.4, -0.2) is 5.97 Å². The molecular formula is C21H15F3O2. The molecule has 0 bridgehead atoms. The third kappa shape index (κ3) is 3.94. The van der Waals surface area contributed by atoms with E-state index in [2.05, 4.69) is 0 Å². The zero-order valence-electron chi connectivity index (χ0n) is 13.9. The molecule has 0 spiro atoms. The zero-order chi connectivity index (χ0) is 18.7. The van der Waals surface area contributed by atoms with E-state index in [0.29, 0.717) is 11.3 Å². The number of esters is 1. The van der Waals surface area contributed by atoms with Crippen molar-refractivity contribution in [1.82, 2.24) is 0 Å². The van der Waals surface area contributed by atoms with Gasteiger partial charge in [0, 0.05) is 6.92 Å². The lowest BCUT2D eigenvalue weighted by molar-refractivity contribution is -0.137. The van der Waals surface area contributed by atoms with Crippen LogP contribution in [0, 0.1) is 0 Å². The number of halogens is 3. The van der Waals surface area contributed by atoms with Gasteiger partial charge in [0.1, 0.15) is 5.75 Å². The highest BCUT2D eigenvalue weighted by molar-refractivity contribution is 5.85. The van der Waals surface area contributed by atoms with E-state index in [1.807, 2.05) is 30.3 Å². The van der Waals surface area contributed by atoms with E-state index < -0.39 is 17.7 Å². The first kappa shape index (κ1) is 17.7. The van der Waals surface area contributed by atoms with Crippen molar-refractivity contribution >= 4 is 5.97 Å². The quantitative estimate of drug-likeness (QED) is 0.427. The van der Waals surface area contributed by atoms with E-state index in [-0.39, 0.29) is 0 Å². The molecule has 0 radical (unpaired) electrons. The van der Waals surface area contributed by atoms with Gasteiger partial charge in [-0.05, 0) is 46.5 Å². The topological polar surface area (TPSA) is 26.3 Å². The Kier molecular flexibility index (Phi) is 4.80. The van der Waals surface area contributed by atoms with Crippen LogP contribution in [0.15, 0.2) is 72.8 Å². The summed E-state index contributed by atoms with van der Waals surface area (Å²) in [5, 5.41) is 0. The SMILES string of the molecule is CC(=O)Oc1ccc(-c2ccc(C(F)(F)F)cc2)c(-c2ccccc2)c1. The van der Waals surface area contributed by atoms with E-state index in [4.69, 9.17) is 4.74 Å². The Labute approximate surface area is 148 Å². The summed E-state index contributed by atoms with van der Waals surface area (Å²) in [7, 11) is 0. The first-order valence-electron chi connectivity index (χ1n) is 7.90. The average Bonchev–Trinajstić information content (AvgIpc) is 2.61. The summed E-state index contributed by atoms with van der Waals surface area (Å²) in [6.07, 6.45) is -4.38. The highest BCUT2D eigenvalue weighted by Crippen LogP contribution is 2.37. The molecule has 0 heterocycles. The fourth-order valence-corrected chi connectivity index (χ4v) is 2.70. The number of carbonyl (C=O) groups is 1. The van der Waals surface area contributed by atoms with Crippen LogP contribution in [0.3, 0.4) is 0 Å². The molecule has 26 heavy (non-hydrogen) atoms. The van der Waals surface area contributed by atoms with E-state index >= 15 is 0 Å². The molecule has 0 saturated heterocycles. The van der Waals surface area contributed by atoms with Gasteiger partial charge in [-0.3, -0.25) is 4.79 Å². The first-order valence-corrected chi connectivity index (χ1v) is 7.90. The summed E-state index contributed by atoms with van der Waals surface area (Å²) >= 11 is 0. The van der Waals surface area contributed by atoms with Crippen LogP contribution in [0.4, 0.5) is 13.2 Å². The number of hydrogen-bond acceptors (Lipinski definition) is 2. The molecule has 5 heteroatoms. The molecule has 0 aliphatic carbocycles. The Morgan fingerprint density at radius 1 is 0.808 bits per heavy atom. The smallest absolute Gasteiger partial charge is 0.416 e. The highest BCUT2D eigenvalue weighted by atomic mass is 19.4. The molecular weight excluding hydrogens is 341 g/mol. The predicted octanol–water partition coefficient (Wildman–Crippen LogP) is 5.96. The van der Waals surface area contributed by atoms with Gasteiger partial charge in [-0.2, -0.15) is 13.2 Å². The number of ether oxygens (including phenoxy) is 1. The van der Waals surface area contributed by atoms with Gasteiger partial charge in [0.2, 0.25) is 0 Å². The van der Waals surface area contributed by atoms with Crippen molar-refractivity contribution in [3.8, 4) is 28.0 Å². The van der Waals surface area contributed by atoms with Crippen LogP contribution < -0.4 is 4.74 Å². The average molecular weight is 356 g/mol. The molecule has 0 unspecified atom stereocenters. The summed E-state index contributed by atoms with van der Waals surface area (Å²) in [6.45, 7) is 1.31. The lowest BCUT2D eigenvalue weighted by atomic mass is 9.94. The fraction of sp³-hybridized carbons (Fsp3) is 0.0952. The fourth-order valence-electron chi connectivity index (χ4n) is 2.70. The Morgan fingerprint density at radius 3 is 2.00 bits per heavy atom. The minimum atomic E-state index is -4.38. The number of carbonyl (C=O) groups excluding carboxylic acids is 1. The molecule has 0 N–H and O–H groups in total. The van der Waals surface area contributed by atoms with Crippen molar-refractivity contribution in [2.24, 2.45) is 0 Å². The summed E-state index contributed by atoms with van der Waals surface area (Å²) in [4.78, 5) is 11.2. The number of rotatable bonds is 3. The Bertz CT molecular complexity index is 914. The molecule has 3 aromatic carbocycles. The number of alkyl halides is 3. The molecule has 0 fully saturated rings. The van der Waals surface area contributed by atoms with E-state index in [1.165, 1.54) is 19.1 Å². The van der Waals surface area contributed by atoms with Gasteiger partial charge in [-0.25, -0.2) is 0 Å². The summed E-state index contributed by atoms with van der Waals surface area (Å²) in [5.74, 6) is -0.0571. The maximum absolute atomic E-state index is 12.8. The van der Waals surface area contributed by atoms with Gasteiger partial charge in [-0.1, -0.05) is 48.5 Å². The molecule has 3 rings (SSSR count). The van der Waals surface area contributed by atoms with Crippen molar-refractivity contribution in [1.29, 1.82) is 0 Å². The molecule has 0 aliphatic heterocycles. The molecule has 2 nitrogen and oxygen atoms in total. The third-order valence-corrected chi connectivity index (χ3v) is 3.86. The van der Waals surface area contributed by atoms with Crippen molar-refractivity contribution in [2.75, 3.05) is 0 Å². The molecule has 0 saturated carbocycles. The van der Waals surface area contributed by atoms with Crippen molar-refractivity contribution in [3.63, 3.8) is 0 Å². The number of hydrogen-bond donors (Lipinski definition) is 0. The number of benzene rings is 3. The van der Waals surface area contributed by atoms with Gasteiger partial charge >= 0.3 is 12.1 Å². The van der Waals surface area contributed by atoms with Crippen molar-refractivity contribution < 1.29 is 22.7 Å². The monoisotopic (exact) mass is 356 g/mol. The summed E-state index contributed by atoms with van der Waals surface area (Å²) in [6, 6.07) is 19.5. The second-order valence-electron chi connectivity index (χ2n) is 5.74. The van der Waals surface area contributed by atoms with Gasteiger partial charge in [0.25, 0.3) is 0 Å². The van der Waals surface area contributed by atoms with Crippen LogP contribution in [0.1, 0.15) is 12.5 Å². The lowest BCUT2D eigenvalue weighted by Crippen LogP contribution is -2.04. The zero-order valence-corrected chi connectivity index (χ0v) is 13.9. The molecule has 0 aliphatic rings. The maximum Gasteiger partial charge on any atom is 0.416 e. The Hall–Kier alpha value is -3.08. The molecule has 0 amide bonds. The van der Waals surface area contributed by atoms with E-state index in [9.17, 15) is 18.0 Å². The van der Waals surface area contributed by atoms with Crippen LogP contribution in [-0.2, 0) is 11.0 Å². The largest absolute Gasteiger partial charge is 0.427 e. The second kappa shape index (κ2) is 7.04. The van der Waals surface area contributed by atoms with Gasteiger partial charge in [-0.15, -0.1) is 0 Å². The van der Waals surface area contributed by atoms with E-state index in [0.717, 1.165) is 28.8 Å². The first-order chi connectivity index (χ1) is 12.3. The van der Waals surface area contributed by atoms with Crippen molar-refractivity contribution in [2.45, 2.75) is 13.1 Å². The summed E-state index contributed by atoms with van der Waals surface area (Å²) in [5.41, 5.74) is 2.34. The lowest BCUT2D eigenvalue weighted by Gasteiger charge is -2.13. The standard InChI is InChI=1S/C21H15F3O2/c1-14(25)26-18-11-12-19(20(13-18)15-5-3-2-4-6-15)16-7-9-17(10-8-16)21(22,23)24/h2-13H,1H3. The Balaban J connectivity index is 2.10. The second-order valence-corrected chi connectivity index (χ2v) is 5.74. The molecule has 0 atom stereocenters.